The summed E-state index contributed by atoms with van der Waals surface area (Å²) >= 11 is 0. The van der Waals surface area contributed by atoms with Crippen molar-refractivity contribution in [1.29, 1.82) is 0 Å². The third kappa shape index (κ3) is 3.71. The van der Waals surface area contributed by atoms with Crippen LogP contribution in [0.4, 0.5) is 5.82 Å². The van der Waals surface area contributed by atoms with Crippen LogP contribution in [0.25, 0.3) is 16.7 Å². The van der Waals surface area contributed by atoms with Crippen molar-refractivity contribution in [2.45, 2.75) is 13.8 Å². The van der Waals surface area contributed by atoms with Gasteiger partial charge in [-0.25, -0.2) is 4.98 Å². The van der Waals surface area contributed by atoms with Crippen LogP contribution in [0.3, 0.4) is 0 Å². The van der Waals surface area contributed by atoms with E-state index in [0.717, 1.165) is 22.2 Å². The number of amides is 1. The van der Waals surface area contributed by atoms with Gasteiger partial charge in [0.1, 0.15) is 11.6 Å². The molecule has 1 N–H and O–H groups in total. The minimum atomic E-state index is -0.259. The summed E-state index contributed by atoms with van der Waals surface area (Å²) in [6.45, 7) is 3.73. The van der Waals surface area contributed by atoms with E-state index in [4.69, 9.17) is 4.74 Å². The van der Waals surface area contributed by atoms with E-state index in [1.165, 1.54) is 0 Å². The van der Waals surface area contributed by atoms with Crippen LogP contribution in [0.2, 0.25) is 0 Å². The molecule has 2 aromatic carbocycles. The van der Waals surface area contributed by atoms with Crippen LogP contribution in [-0.2, 0) is 4.79 Å². The van der Waals surface area contributed by atoms with Crippen molar-refractivity contribution in [2.75, 3.05) is 11.9 Å². The van der Waals surface area contributed by atoms with Crippen LogP contribution in [-0.4, -0.2) is 27.3 Å². The molecule has 6 heteroatoms. The Kier molecular flexibility index (Phi) is 4.76. The molecular formula is C22H20N4O2. The number of aromatic nitrogens is 3. The molecule has 2 aromatic heterocycles. The predicted octanol–water partition coefficient (Wildman–Crippen LogP) is 4.05. The average Bonchev–Trinajstić information content (AvgIpc) is 3.07. The van der Waals surface area contributed by atoms with Gasteiger partial charge in [-0.05, 0) is 43.7 Å². The highest BCUT2D eigenvalue weighted by atomic mass is 16.5. The summed E-state index contributed by atoms with van der Waals surface area (Å²) in [6.07, 6.45) is 0. The van der Waals surface area contributed by atoms with Gasteiger partial charge in [-0.2, -0.15) is 9.78 Å². The number of carbonyl (C=O) groups is 1. The average molecular weight is 372 g/mol. The predicted molar refractivity (Wildman–Crippen MR) is 109 cm³/mol. The molecule has 0 bridgehead atoms. The molecule has 0 saturated carbocycles. The van der Waals surface area contributed by atoms with Crippen molar-refractivity contribution in [2.24, 2.45) is 0 Å². The Labute approximate surface area is 162 Å². The Bertz CT molecular complexity index is 1150. The maximum Gasteiger partial charge on any atom is 0.263 e. The first-order valence-electron chi connectivity index (χ1n) is 9.01. The maximum atomic E-state index is 12.4. The molecule has 0 radical (unpaired) electrons. The molecule has 2 heterocycles. The number of nitrogens with zero attached hydrogens (tertiary/aromatic N) is 3. The van der Waals surface area contributed by atoms with Gasteiger partial charge in [0.15, 0.2) is 12.4 Å². The van der Waals surface area contributed by atoms with Gasteiger partial charge in [0.2, 0.25) is 0 Å². The second-order valence-corrected chi connectivity index (χ2v) is 6.55. The largest absolute Gasteiger partial charge is 0.483 e. The minimum Gasteiger partial charge on any atom is -0.483 e. The number of carbonyl (C=O) groups excluding carboxylic acids is 1. The molecule has 0 aliphatic rings. The van der Waals surface area contributed by atoms with E-state index in [1.54, 1.807) is 4.68 Å². The van der Waals surface area contributed by atoms with Crippen LogP contribution < -0.4 is 10.1 Å². The van der Waals surface area contributed by atoms with E-state index >= 15 is 0 Å². The maximum absolute atomic E-state index is 12.4. The fourth-order valence-electron chi connectivity index (χ4n) is 2.98. The first kappa shape index (κ1) is 17.7. The fraction of sp³-hybridized carbons (Fsp3) is 0.136. The Morgan fingerprint density at radius 1 is 1.04 bits per heavy atom. The lowest BCUT2D eigenvalue weighted by Gasteiger charge is -2.11. The Hall–Kier alpha value is -3.67. The molecule has 28 heavy (non-hydrogen) atoms. The smallest absolute Gasteiger partial charge is 0.263 e. The van der Waals surface area contributed by atoms with Crippen molar-refractivity contribution in [3.63, 3.8) is 0 Å². The van der Waals surface area contributed by atoms with E-state index in [-0.39, 0.29) is 12.5 Å². The third-order valence-corrected chi connectivity index (χ3v) is 4.35. The Morgan fingerprint density at radius 2 is 1.82 bits per heavy atom. The topological polar surface area (TPSA) is 69.0 Å². The summed E-state index contributed by atoms with van der Waals surface area (Å²) in [6, 6.07) is 21.1. The van der Waals surface area contributed by atoms with Gasteiger partial charge in [-0.1, -0.05) is 36.4 Å². The Morgan fingerprint density at radius 3 is 2.68 bits per heavy atom. The lowest BCUT2D eigenvalue weighted by molar-refractivity contribution is -0.118. The van der Waals surface area contributed by atoms with Gasteiger partial charge in [-0.15, -0.1) is 0 Å². The van der Waals surface area contributed by atoms with E-state index < -0.39 is 0 Å². The van der Waals surface area contributed by atoms with Crippen LogP contribution in [0.15, 0.2) is 66.7 Å². The number of nitrogens with one attached hydrogen (secondary N) is 1. The van der Waals surface area contributed by atoms with E-state index in [1.807, 2.05) is 80.6 Å². The van der Waals surface area contributed by atoms with Crippen LogP contribution in [0.1, 0.15) is 11.3 Å². The van der Waals surface area contributed by atoms with E-state index in [0.29, 0.717) is 17.4 Å². The summed E-state index contributed by atoms with van der Waals surface area (Å²) in [4.78, 5) is 17.1. The van der Waals surface area contributed by atoms with Crippen LogP contribution in [0, 0.1) is 13.8 Å². The second kappa shape index (κ2) is 7.52. The van der Waals surface area contributed by atoms with Crippen molar-refractivity contribution in [1.82, 2.24) is 14.8 Å². The number of hydrogen-bond donors (Lipinski definition) is 1. The van der Waals surface area contributed by atoms with Crippen molar-refractivity contribution >= 4 is 22.6 Å². The molecule has 4 aromatic rings. The quantitative estimate of drug-likeness (QED) is 0.574. The number of benzene rings is 2. The SMILES string of the molecule is Cc1cc(NC(=O)COc2ccccc2C)n(-c2ccc3ccccc3n2)n1. The molecule has 0 unspecified atom stereocenters. The lowest BCUT2D eigenvalue weighted by Crippen LogP contribution is -2.22. The normalized spacial score (nSPS) is 10.8. The molecular weight excluding hydrogens is 352 g/mol. The zero-order valence-corrected chi connectivity index (χ0v) is 15.7. The van der Waals surface area contributed by atoms with Gasteiger partial charge in [0.25, 0.3) is 5.91 Å². The zero-order chi connectivity index (χ0) is 19.5. The third-order valence-electron chi connectivity index (χ3n) is 4.35. The first-order valence-corrected chi connectivity index (χ1v) is 9.01. The van der Waals surface area contributed by atoms with E-state index in [9.17, 15) is 4.79 Å². The van der Waals surface area contributed by atoms with Crippen LogP contribution in [0.5, 0.6) is 5.75 Å². The summed E-state index contributed by atoms with van der Waals surface area (Å²) in [5.41, 5.74) is 2.63. The standard InChI is InChI=1S/C22H20N4O2/c1-15-7-3-6-10-19(15)28-14-22(27)24-21-13-16(2)25-26(21)20-12-11-17-8-4-5-9-18(17)23-20/h3-13H,14H2,1-2H3,(H,24,27). The van der Waals surface area contributed by atoms with Gasteiger partial charge in [0, 0.05) is 11.5 Å². The number of fused-ring (bicyclic) bond motifs is 1. The second-order valence-electron chi connectivity index (χ2n) is 6.55. The zero-order valence-electron chi connectivity index (χ0n) is 15.7. The van der Waals surface area contributed by atoms with E-state index in [2.05, 4.69) is 15.4 Å². The van der Waals surface area contributed by atoms with Gasteiger partial charge in [-0.3, -0.25) is 4.79 Å². The lowest BCUT2D eigenvalue weighted by atomic mass is 10.2. The number of rotatable bonds is 5. The number of pyridine rings is 1. The number of hydrogen-bond acceptors (Lipinski definition) is 4. The highest BCUT2D eigenvalue weighted by Crippen LogP contribution is 2.20. The van der Waals surface area contributed by atoms with Gasteiger partial charge >= 0.3 is 0 Å². The molecule has 1 amide bonds. The molecule has 0 aliphatic heterocycles. The molecule has 0 atom stereocenters. The number of aryl methyl sites for hydroxylation is 2. The summed E-state index contributed by atoms with van der Waals surface area (Å²) in [7, 11) is 0. The van der Waals surface area contributed by atoms with Crippen LogP contribution >= 0.6 is 0 Å². The summed E-state index contributed by atoms with van der Waals surface area (Å²) in [5.74, 6) is 1.63. The highest BCUT2D eigenvalue weighted by Gasteiger charge is 2.13. The molecule has 0 aliphatic carbocycles. The molecule has 140 valence electrons. The summed E-state index contributed by atoms with van der Waals surface area (Å²) < 4.78 is 7.26. The summed E-state index contributed by atoms with van der Waals surface area (Å²) in [5, 5.41) is 8.38. The monoisotopic (exact) mass is 372 g/mol. The number of ether oxygens (including phenoxy) is 1. The Balaban J connectivity index is 1.54. The van der Waals surface area contributed by atoms with Gasteiger partial charge < -0.3 is 10.1 Å². The number of anilines is 1. The fourth-order valence-corrected chi connectivity index (χ4v) is 2.98. The molecule has 0 fully saturated rings. The number of para-hydroxylation sites is 2. The first-order chi connectivity index (χ1) is 13.6. The van der Waals surface area contributed by atoms with Crippen molar-refractivity contribution in [3.05, 3.63) is 78.0 Å². The van der Waals surface area contributed by atoms with Crippen molar-refractivity contribution < 1.29 is 9.53 Å². The molecule has 0 saturated heterocycles. The molecule has 4 rings (SSSR count). The van der Waals surface area contributed by atoms with Gasteiger partial charge in [0.05, 0.1) is 11.2 Å². The molecule has 0 spiro atoms. The molecule has 6 nitrogen and oxygen atoms in total. The highest BCUT2D eigenvalue weighted by molar-refractivity contribution is 5.91. The van der Waals surface area contributed by atoms with Crippen molar-refractivity contribution in [3.8, 4) is 11.6 Å². The minimum absolute atomic E-state index is 0.0831.